The third-order valence-corrected chi connectivity index (χ3v) is 6.36. The van der Waals surface area contributed by atoms with Crippen LogP contribution >= 0.6 is 11.6 Å². The van der Waals surface area contributed by atoms with Crippen LogP contribution < -0.4 is 10.6 Å². The van der Waals surface area contributed by atoms with Crippen molar-refractivity contribution in [2.75, 3.05) is 52.0 Å². The number of nitrogens with one attached hydrogen (secondary N) is 2. The van der Waals surface area contributed by atoms with Gasteiger partial charge in [-0.15, -0.1) is 0 Å². The lowest BCUT2D eigenvalue weighted by Crippen LogP contribution is -2.30. The van der Waals surface area contributed by atoms with Gasteiger partial charge in [0.25, 0.3) is 23.6 Å². The van der Waals surface area contributed by atoms with Crippen molar-refractivity contribution in [1.82, 2.24) is 14.8 Å². The number of hydrogen-bond acceptors (Lipinski definition) is 7. The number of ether oxygens (including phenoxy) is 1. The molecule has 41 heavy (non-hydrogen) atoms. The Morgan fingerprint density at radius 2 is 1.61 bits per heavy atom. The molecule has 0 aliphatic carbocycles. The predicted octanol–water partition coefficient (Wildman–Crippen LogP) is 4.41. The molecule has 4 aromatic rings. The number of nitrogens with zero attached hydrogens (tertiary/aromatic N) is 3. The molecule has 212 valence electrons. The standard InChI is InChI=1S/C29H28ClN5O6/c1-34(2)28(38)18-10-8-17(9-11-18)26(36)33-24-23-20(29(39)35(3)14-15-40-4)6-5-7-21(23)41-25(24)27(37)32-22-13-12-19(30)16-31-22/h5-13,16H,14-15H2,1-4H3,(H,33,36)(H,31,32,37). The van der Waals surface area contributed by atoms with Crippen molar-refractivity contribution in [3.63, 3.8) is 0 Å². The number of furan rings is 1. The van der Waals surface area contributed by atoms with E-state index in [9.17, 15) is 19.2 Å². The SMILES string of the molecule is COCCN(C)C(=O)c1cccc2oc(C(=O)Nc3ccc(Cl)cn3)c(NC(=O)c3ccc(C(=O)N(C)C)cc3)c12. The number of carbonyl (C=O) groups excluding carboxylic acids is 4. The maximum absolute atomic E-state index is 13.4. The van der Waals surface area contributed by atoms with E-state index in [1.165, 1.54) is 53.4 Å². The molecule has 0 spiro atoms. The molecule has 0 atom stereocenters. The molecule has 4 amide bonds. The molecule has 0 unspecified atom stereocenters. The lowest BCUT2D eigenvalue weighted by atomic mass is 10.1. The van der Waals surface area contributed by atoms with Crippen molar-refractivity contribution in [2.45, 2.75) is 0 Å². The average Bonchev–Trinajstić information content (AvgIpc) is 3.34. The van der Waals surface area contributed by atoms with Crippen LogP contribution in [-0.2, 0) is 4.74 Å². The highest BCUT2D eigenvalue weighted by molar-refractivity contribution is 6.30. The van der Waals surface area contributed by atoms with Crippen LogP contribution in [-0.4, -0.2) is 79.8 Å². The van der Waals surface area contributed by atoms with Crippen LogP contribution in [0.5, 0.6) is 0 Å². The van der Waals surface area contributed by atoms with Crippen LogP contribution in [0.25, 0.3) is 11.0 Å². The summed E-state index contributed by atoms with van der Waals surface area (Å²) in [5, 5.41) is 6.01. The van der Waals surface area contributed by atoms with Crippen molar-refractivity contribution in [2.24, 2.45) is 0 Å². The molecule has 0 bridgehead atoms. The van der Waals surface area contributed by atoms with E-state index >= 15 is 0 Å². The van der Waals surface area contributed by atoms with Gasteiger partial charge in [-0.2, -0.15) is 0 Å². The van der Waals surface area contributed by atoms with Crippen molar-refractivity contribution < 1.29 is 28.3 Å². The molecular formula is C29H28ClN5O6. The van der Waals surface area contributed by atoms with E-state index in [1.54, 1.807) is 45.4 Å². The summed E-state index contributed by atoms with van der Waals surface area (Å²) >= 11 is 5.90. The third-order valence-electron chi connectivity index (χ3n) is 6.14. The number of fused-ring (bicyclic) bond motifs is 1. The number of aromatic nitrogens is 1. The molecule has 12 heteroatoms. The minimum absolute atomic E-state index is 0.00833. The molecular weight excluding hydrogens is 550 g/mol. The number of rotatable bonds is 9. The van der Waals surface area contributed by atoms with E-state index < -0.39 is 11.8 Å². The van der Waals surface area contributed by atoms with Crippen LogP contribution in [0.3, 0.4) is 0 Å². The van der Waals surface area contributed by atoms with Crippen molar-refractivity contribution in [3.8, 4) is 0 Å². The first-order valence-corrected chi connectivity index (χ1v) is 12.8. The number of likely N-dealkylation sites (N-methyl/N-ethyl adjacent to an activating group) is 1. The van der Waals surface area contributed by atoms with Gasteiger partial charge in [0.1, 0.15) is 17.1 Å². The Kier molecular flexibility index (Phi) is 9.00. The van der Waals surface area contributed by atoms with E-state index in [0.717, 1.165) is 0 Å². The number of methoxy groups -OCH3 is 1. The Bertz CT molecular complexity index is 1600. The molecule has 0 saturated carbocycles. The summed E-state index contributed by atoms with van der Waals surface area (Å²) in [7, 11) is 6.41. The zero-order valence-corrected chi connectivity index (χ0v) is 23.6. The fraction of sp³-hybridized carbons (Fsp3) is 0.207. The van der Waals surface area contributed by atoms with Gasteiger partial charge in [-0.05, 0) is 48.5 Å². The number of carbonyl (C=O) groups is 4. The van der Waals surface area contributed by atoms with E-state index in [0.29, 0.717) is 23.7 Å². The quantitative estimate of drug-likeness (QED) is 0.301. The van der Waals surface area contributed by atoms with E-state index in [2.05, 4.69) is 15.6 Å². The summed E-state index contributed by atoms with van der Waals surface area (Å²) in [6.45, 7) is 0.639. The highest BCUT2D eigenvalue weighted by Gasteiger charge is 2.28. The van der Waals surface area contributed by atoms with Crippen LogP contribution in [0.4, 0.5) is 11.5 Å². The second-order valence-corrected chi connectivity index (χ2v) is 9.69. The normalized spacial score (nSPS) is 10.8. The summed E-state index contributed by atoms with van der Waals surface area (Å²) in [6, 6.07) is 13.9. The van der Waals surface area contributed by atoms with Gasteiger partial charge in [-0.25, -0.2) is 4.98 Å². The molecule has 0 saturated heterocycles. The number of anilines is 2. The Morgan fingerprint density at radius 1 is 0.902 bits per heavy atom. The summed E-state index contributed by atoms with van der Waals surface area (Å²) < 4.78 is 11.0. The summed E-state index contributed by atoms with van der Waals surface area (Å²) in [5.41, 5.74) is 1.07. The second kappa shape index (κ2) is 12.6. The van der Waals surface area contributed by atoms with Gasteiger partial charge >= 0.3 is 0 Å². The number of amides is 4. The molecule has 0 aliphatic rings. The Morgan fingerprint density at radius 3 is 2.24 bits per heavy atom. The van der Waals surface area contributed by atoms with Crippen LogP contribution in [0.2, 0.25) is 5.02 Å². The summed E-state index contributed by atoms with van der Waals surface area (Å²) in [4.78, 5) is 59.3. The summed E-state index contributed by atoms with van der Waals surface area (Å²) in [5.74, 6) is -1.89. The van der Waals surface area contributed by atoms with Gasteiger partial charge in [0.15, 0.2) is 0 Å². The van der Waals surface area contributed by atoms with Crippen LogP contribution in [0.1, 0.15) is 41.6 Å². The smallest absolute Gasteiger partial charge is 0.294 e. The van der Waals surface area contributed by atoms with Crippen LogP contribution in [0, 0.1) is 0 Å². The predicted molar refractivity (Wildman–Crippen MR) is 155 cm³/mol. The zero-order chi connectivity index (χ0) is 29.7. The maximum Gasteiger partial charge on any atom is 0.294 e. The van der Waals surface area contributed by atoms with E-state index in [-0.39, 0.29) is 51.2 Å². The van der Waals surface area contributed by atoms with E-state index in [1.807, 2.05) is 0 Å². The molecule has 2 N–H and O–H groups in total. The lowest BCUT2D eigenvalue weighted by Gasteiger charge is -2.17. The topological polar surface area (TPSA) is 134 Å². The number of benzene rings is 2. The minimum atomic E-state index is -0.704. The lowest BCUT2D eigenvalue weighted by molar-refractivity contribution is 0.0745. The molecule has 2 aromatic heterocycles. The fourth-order valence-corrected chi connectivity index (χ4v) is 4.08. The van der Waals surface area contributed by atoms with E-state index in [4.69, 9.17) is 20.8 Å². The molecule has 0 aliphatic heterocycles. The average molecular weight is 578 g/mol. The Balaban J connectivity index is 1.76. The highest BCUT2D eigenvalue weighted by Crippen LogP contribution is 2.35. The zero-order valence-electron chi connectivity index (χ0n) is 22.9. The monoisotopic (exact) mass is 577 g/mol. The van der Waals surface area contributed by atoms with Gasteiger partial charge in [0.05, 0.1) is 22.6 Å². The van der Waals surface area contributed by atoms with Crippen LogP contribution in [0.15, 0.2) is 65.2 Å². The van der Waals surface area contributed by atoms with Gasteiger partial charge in [-0.3, -0.25) is 19.2 Å². The Labute approximate surface area is 241 Å². The van der Waals surface area contributed by atoms with Crippen molar-refractivity contribution >= 4 is 57.7 Å². The Hall–Kier alpha value is -4.74. The third kappa shape index (κ3) is 6.53. The number of hydrogen-bond donors (Lipinski definition) is 2. The molecule has 2 aromatic carbocycles. The van der Waals surface area contributed by atoms with Gasteiger partial charge in [0, 0.05) is 52.1 Å². The largest absolute Gasteiger partial charge is 0.449 e. The summed E-state index contributed by atoms with van der Waals surface area (Å²) in [6.07, 6.45) is 1.37. The number of pyridine rings is 1. The second-order valence-electron chi connectivity index (χ2n) is 9.25. The fourth-order valence-electron chi connectivity index (χ4n) is 3.97. The van der Waals surface area contributed by atoms with Gasteiger partial charge < -0.3 is 29.6 Å². The number of halogens is 1. The highest BCUT2D eigenvalue weighted by atomic mass is 35.5. The first kappa shape index (κ1) is 29.2. The molecule has 2 heterocycles. The molecule has 4 rings (SSSR count). The maximum atomic E-state index is 13.4. The first-order chi connectivity index (χ1) is 19.6. The van der Waals surface area contributed by atoms with Gasteiger partial charge in [0.2, 0.25) is 5.76 Å². The first-order valence-electron chi connectivity index (χ1n) is 12.5. The van der Waals surface area contributed by atoms with Crippen molar-refractivity contribution in [3.05, 3.63) is 88.3 Å². The molecule has 0 fully saturated rings. The minimum Gasteiger partial charge on any atom is -0.449 e. The van der Waals surface area contributed by atoms with Crippen molar-refractivity contribution in [1.29, 1.82) is 0 Å². The molecule has 11 nitrogen and oxygen atoms in total. The molecule has 0 radical (unpaired) electrons. The van der Waals surface area contributed by atoms with Gasteiger partial charge in [-0.1, -0.05) is 17.7 Å².